The van der Waals surface area contributed by atoms with Crippen molar-refractivity contribution in [2.24, 2.45) is 11.0 Å². The highest BCUT2D eigenvalue weighted by atomic mass is 31.2. The Balaban J connectivity index is 3.52. The van der Waals surface area contributed by atoms with Gasteiger partial charge in [-0.3, -0.25) is 15.6 Å². The number of rotatable bonds is 5. The molecule has 0 spiro atoms. The van der Waals surface area contributed by atoms with Crippen molar-refractivity contribution in [2.75, 3.05) is 0 Å². The van der Waals surface area contributed by atoms with Gasteiger partial charge in [0.05, 0.1) is 0 Å². The van der Waals surface area contributed by atoms with Crippen LogP contribution in [0.15, 0.2) is 0 Å². The molecular weight excluding hydrogens is 161 g/mol. The molecule has 0 aliphatic carbocycles. The molecule has 0 fully saturated rings. The molecule has 0 aliphatic rings. The molecule has 5 heteroatoms. The van der Waals surface area contributed by atoms with E-state index in [1.54, 1.807) is 0 Å². The van der Waals surface area contributed by atoms with Gasteiger partial charge in [-0.2, -0.15) is 0 Å². The Morgan fingerprint density at radius 2 is 2.09 bits per heavy atom. The third kappa shape index (κ3) is 8.01. The van der Waals surface area contributed by atoms with Crippen molar-refractivity contribution in [1.82, 2.24) is 5.09 Å². The molecule has 0 aliphatic heterocycles. The van der Waals surface area contributed by atoms with Crippen LogP contribution in [-0.4, -0.2) is 6.04 Å². The summed E-state index contributed by atoms with van der Waals surface area (Å²) in [6, 6.07) is 0.149. The SMILES string of the molecule is CCCCC(C)NP(N)(N)=O. The Kier molecular flexibility index (Phi) is 4.93. The molecule has 11 heavy (non-hydrogen) atoms. The average molecular weight is 179 g/mol. The van der Waals surface area contributed by atoms with Crippen molar-refractivity contribution in [3.05, 3.63) is 0 Å². The first kappa shape index (κ1) is 11.1. The van der Waals surface area contributed by atoms with E-state index in [0.29, 0.717) is 0 Å². The lowest BCUT2D eigenvalue weighted by atomic mass is 10.2. The summed E-state index contributed by atoms with van der Waals surface area (Å²) < 4.78 is 10.8. The van der Waals surface area contributed by atoms with E-state index in [4.69, 9.17) is 11.0 Å². The molecule has 0 saturated heterocycles. The lowest BCUT2D eigenvalue weighted by molar-refractivity contribution is 0.530. The summed E-state index contributed by atoms with van der Waals surface area (Å²) in [7, 11) is -3.01. The van der Waals surface area contributed by atoms with Gasteiger partial charge < -0.3 is 0 Å². The zero-order valence-electron chi connectivity index (χ0n) is 7.21. The van der Waals surface area contributed by atoms with E-state index < -0.39 is 7.59 Å². The van der Waals surface area contributed by atoms with Gasteiger partial charge in [0.25, 0.3) is 7.59 Å². The highest BCUT2D eigenvalue weighted by molar-refractivity contribution is 7.56. The normalized spacial score (nSPS) is 14.9. The van der Waals surface area contributed by atoms with Gasteiger partial charge in [-0.15, -0.1) is 0 Å². The summed E-state index contributed by atoms with van der Waals surface area (Å²) in [6.45, 7) is 4.04. The third-order valence-electron chi connectivity index (χ3n) is 1.41. The van der Waals surface area contributed by atoms with Gasteiger partial charge in [0.2, 0.25) is 0 Å². The molecule has 1 unspecified atom stereocenters. The van der Waals surface area contributed by atoms with Crippen molar-refractivity contribution in [3.63, 3.8) is 0 Å². The Morgan fingerprint density at radius 3 is 2.45 bits per heavy atom. The highest BCUT2D eigenvalue weighted by Crippen LogP contribution is 2.20. The molecule has 0 radical (unpaired) electrons. The molecule has 0 aromatic heterocycles. The van der Waals surface area contributed by atoms with E-state index in [2.05, 4.69) is 12.0 Å². The van der Waals surface area contributed by atoms with Gasteiger partial charge >= 0.3 is 0 Å². The summed E-state index contributed by atoms with van der Waals surface area (Å²) in [6.07, 6.45) is 3.20. The number of nitrogens with two attached hydrogens (primary N) is 2. The van der Waals surface area contributed by atoms with Crippen molar-refractivity contribution in [1.29, 1.82) is 0 Å². The van der Waals surface area contributed by atoms with Gasteiger partial charge in [0.1, 0.15) is 0 Å². The van der Waals surface area contributed by atoms with Gasteiger partial charge in [-0.1, -0.05) is 19.8 Å². The largest absolute Gasteiger partial charge is 0.274 e. The second-order valence-electron chi connectivity index (χ2n) is 2.88. The minimum absolute atomic E-state index is 0.149. The van der Waals surface area contributed by atoms with Crippen LogP contribution in [0.5, 0.6) is 0 Å². The molecule has 0 bridgehead atoms. The summed E-state index contributed by atoms with van der Waals surface area (Å²) in [5.41, 5.74) is 10.3. The van der Waals surface area contributed by atoms with Crippen molar-refractivity contribution in [2.45, 2.75) is 39.2 Å². The van der Waals surface area contributed by atoms with E-state index in [-0.39, 0.29) is 6.04 Å². The fourth-order valence-electron chi connectivity index (χ4n) is 0.919. The average Bonchev–Trinajstić information content (AvgIpc) is 1.79. The lowest BCUT2D eigenvalue weighted by Gasteiger charge is -2.15. The lowest BCUT2D eigenvalue weighted by Crippen LogP contribution is -2.30. The Hall–Kier alpha value is 0.110. The van der Waals surface area contributed by atoms with E-state index in [1.807, 2.05) is 6.92 Å². The third-order valence-corrected chi connectivity index (χ3v) is 2.26. The van der Waals surface area contributed by atoms with Crippen LogP contribution in [0.25, 0.3) is 0 Å². The van der Waals surface area contributed by atoms with Gasteiger partial charge in [-0.25, -0.2) is 5.09 Å². The van der Waals surface area contributed by atoms with Gasteiger partial charge in [0.15, 0.2) is 0 Å². The Bertz CT molecular complexity index is 145. The van der Waals surface area contributed by atoms with E-state index in [1.165, 1.54) is 0 Å². The van der Waals surface area contributed by atoms with Crippen LogP contribution in [0, 0.1) is 0 Å². The molecule has 0 rings (SSSR count). The molecule has 5 N–H and O–H groups in total. The van der Waals surface area contributed by atoms with Crippen molar-refractivity contribution in [3.8, 4) is 0 Å². The van der Waals surface area contributed by atoms with Crippen molar-refractivity contribution < 1.29 is 4.57 Å². The summed E-state index contributed by atoms with van der Waals surface area (Å²) in [5, 5.41) is 2.66. The van der Waals surface area contributed by atoms with Crippen LogP contribution in [0.4, 0.5) is 0 Å². The number of unbranched alkanes of at least 4 members (excludes halogenated alkanes) is 1. The maximum atomic E-state index is 10.8. The standard InChI is InChI=1S/C6H18N3OP/c1-3-4-5-6(2)9-11(7,8)10/h6H,3-5H2,1-2H3,(H5,7,8,9,10). The Labute approximate surface area is 68.3 Å². The Morgan fingerprint density at radius 1 is 1.55 bits per heavy atom. The quantitative estimate of drug-likeness (QED) is 0.553. The first-order chi connectivity index (χ1) is 4.95. The fourth-order valence-corrected chi connectivity index (χ4v) is 1.74. The van der Waals surface area contributed by atoms with Crippen LogP contribution in [0.3, 0.4) is 0 Å². The second kappa shape index (κ2) is 4.88. The predicted molar refractivity (Wildman–Crippen MR) is 48.1 cm³/mol. The van der Waals surface area contributed by atoms with Crippen LogP contribution in [0.2, 0.25) is 0 Å². The van der Waals surface area contributed by atoms with Gasteiger partial charge in [0, 0.05) is 6.04 Å². The maximum Gasteiger partial charge on any atom is 0.274 e. The van der Waals surface area contributed by atoms with Gasteiger partial charge in [-0.05, 0) is 13.3 Å². The van der Waals surface area contributed by atoms with E-state index >= 15 is 0 Å². The molecule has 0 aromatic carbocycles. The number of nitrogens with one attached hydrogen (secondary N) is 1. The predicted octanol–water partition coefficient (Wildman–Crippen LogP) is 1.18. The topological polar surface area (TPSA) is 81.1 Å². The number of hydrogen-bond donors (Lipinski definition) is 3. The van der Waals surface area contributed by atoms with Crippen LogP contribution in [0.1, 0.15) is 33.1 Å². The first-order valence-corrected chi connectivity index (χ1v) is 5.75. The summed E-state index contributed by atoms with van der Waals surface area (Å²) in [5.74, 6) is 0. The maximum absolute atomic E-state index is 10.8. The zero-order valence-corrected chi connectivity index (χ0v) is 8.10. The van der Waals surface area contributed by atoms with Crippen molar-refractivity contribution >= 4 is 7.59 Å². The molecule has 68 valence electrons. The highest BCUT2D eigenvalue weighted by Gasteiger charge is 2.11. The zero-order chi connectivity index (χ0) is 8.91. The summed E-state index contributed by atoms with van der Waals surface area (Å²) in [4.78, 5) is 0. The molecule has 0 amide bonds. The van der Waals surface area contributed by atoms with E-state index in [0.717, 1.165) is 19.3 Å². The summed E-state index contributed by atoms with van der Waals surface area (Å²) >= 11 is 0. The fraction of sp³-hybridized carbons (Fsp3) is 1.00. The molecule has 4 nitrogen and oxygen atoms in total. The number of hydrogen-bond acceptors (Lipinski definition) is 1. The smallest absolute Gasteiger partial charge is 0.271 e. The minimum atomic E-state index is -3.01. The van der Waals surface area contributed by atoms with Crippen LogP contribution in [-0.2, 0) is 4.57 Å². The second-order valence-corrected chi connectivity index (χ2v) is 4.56. The minimum Gasteiger partial charge on any atom is -0.271 e. The molecule has 0 aromatic rings. The molecule has 1 atom stereocenters. The first-order valence-electron chi connectivity index (χ1n) is 3.90. The van der Waals surface area contributed by atoms with E-state index in [9.17, 15) is 4.57 Å². The molecule has 0 saturated carbocycles. The molecular formula is C6H18N3OP. The monoisotopic (exact) mass is 179 g/mol. The van der Waals surface area contributed by atoms with Crippen LogP contribution < -0.4 is 16.1 Å². The molecule has 0 heterocycles. The van der Waals surface area contributed by atoms with Crippen LogP contribution >= 0.6 is 7.59 Å².